The number of benzene rings is 3. The van der Waals surface area contributed by atoms with Crippen LogP contribution in [0.3, 0.4) is 0 Å². The molecule has 1 heterocycles. The Morgan fingerprint density at radius 2 is 1.58 bits per heavy atom. The molecule has 0 aliphatic rings. The molecule has 0 aliphatic carbocycles. The lowest BCUT2D eigenvalue weighted by Gasteiger charge is -2.21. The maximum atomic E-state index is 13.4. The molecule has 0 radical (unpaired) electrons. The van der Waals surface area contributed by atoms with Gasteiger partial charge in [-0.15, -0.1) is 0 Å². The van der Waals surface area contributed by atoms with Gasteiger partial charge in [0.25, 0.3) is 0 Å². The lowest BCUT2D eigenvalue weighted by molar-refractivity contribution is 0.357. The Labute approximate surface area is 203 Å². The van der Waals surface area contributed by atoms with Crippen LogP contribution in [0, 0.1) is 0 Å². The smallest absolute Gasteiger partial charge is 0.243 e. The molecule has 0 fully saturated rings. The summed E-state index contributed by atoms with van der Waals surface area (Å²) in [5, 5.41) is 1.18. The summed E-state index contributed by atoms with van der Waals surface area (Å²) >= 11 is 12.0. The molecule has 3 aromatic carbocycles. The first-order valence-electron chi connectivity index (χ1n) is 10.1. The number of aliphatic imine (C=N–C) groups is 1. The van der Waals surface area contributed by atoms with E-state index in [2.05, 4.69) is 4.99 Å². The molecule has 0 amide bonds. The van der Waals surface area contributed by atoms with E-state index in [9.17, 15) is 8.42 Å². The first kappa shape index (κ1) is 23.3. The van der Waals surface area contributed by atoms with Gasteiger partial charge >= 0.3 is 0 Å². The lowest BCUT2D eigenvalue weighted by atomic mass is 10.2. The van der Waals surface area contributed by atoms with Gasteiger partial charge in [-0.25, -0.2) is 8.42 Å². The van der Waals surface area contributed by atoms with Gasteiger partial charge in [-0.2, -0.15) is 4.31 Å². The number of nitrogens with zero attached hydrogens (tertiary/aromatic N) is 2. The third kappa shape index (κ3) is 6.12. The van der Waals surface area contributed by atoms with Crippen molar-refractivity contribution in [1.82, 2.24) is 4.31 Å². The van der Waals surface area contributed by atoms with Gasteiger partial charge in [0, 0.05) is 16.6 Å². The molecule has 0 atom stereocenters. The summed E-state index contributed by atoms with van der Waals surface area (Å²) in [6.07, 6.45) is 1.57. The Balaban J connectivity index is 1.58. The third-order valence-corrected chi connectivity index (χ3v) is 7.11. The zero-order valence-electron chi connectivity index (χ0n) is 17.4. The van der Waals surface area contributed by atoms with Crippen molar-refractivity contribution >= 4 is 45.1 Å². The van der Waals surface area contributed by atoms with E-state index in [4.69, 9.17) is 27.6 Å². The van der Waals surface area contributed by atoms with Crippen LogP contribution in [-0.2, 0) is 23.1 Å². The van der Waals surface area contributed by atoms with Gasteiger partial charge in [0.05, 0.1) is 23.3 Å². The fourth-order valence-electron chi connectivity index (χ4n) is 3.18. The Kier molecular flexibility index (Phi) is 7.30. The van der Waals surface area contributed by atoms with Crippen molar-refractivity contribution < 1.29 is 12.8 Å². The van der Waals surface area contributed by atoms with Gasteiger partial charge in [-0.1, -0.05) is 59.6 Å². The standard InChI is InChI=1S/C25H20Cl2N2O3S/c26-20-11-9-19(10-12-20)17-29(33(30,31)25-7-2-1-3-8-25)18-24-14-13-23(32-24)16-28-22-6-4-5-21(27)15-22/h1-16H,17-18H2. The number of rotatable bonds is 8. The van der Waals surface area contributed by atoms with Crippen molar-refractivity contribution in [1.29, 1.82) is 0 Å². The van der Waals surface area contributed by atoms with Crippen molar-refractivity contribution in [2.75, 3.05) is 0 Å². The highest BCUT2D eigenvalue weighted by molar-refractivity contribution is 7.89. The van der Waals surface area contributed by atoms with Gasteiger partial charge in [0.1, 0.15) is 11.5 Å². The quantitative estimate of drug-likeness (QED) is 0.253. The monoisotopic (exact) mass is 498 g/mol. The van der Waals surface area contributed by atoms with Gasteiger partial charge in [-0.05, 0) is 60.2 Å². The van der Waals surface area contributed by atoms with Crippen molar-refractivity contribution in [2.24, 2.45) is 4.99 Å². The van der Waals surface area contributed by atoms with E-state index in [1.54, 1.807) is 85.1 Å². The molecular weight excluding hydrogens is 479 g/mol. The second-order valence-corrected chi connectivity index (χ2v) is 10.1. The summed E-state index contributed by atoms with van der Waals surface area (Å²) in [5.41, 5.74) is 1.50. The number of hydrogen-bond donors (Lipinski definition) is 0. The largest absolute Gasteiger partial charge is 0.459 e. The Hall–Kier alpha value is -2.90. The molecule has 8 heteroatoms. The second-order valence-electron chi connectivity index (χ2n) is 7.25. The molecule has 1 aromatic heterocycles. The SMILES string of the molecule is O=S(=O)(c1ccccc1)N(Cc1ccc(Cl)cc1)Cc1ccc(C=Nc2cccc(Cl)c2)o1. The Morgan fingerprint density at radius 1 is 0.818 bits per heavy atom. The highest BCUT2D eigenvalue weighted by Crippen LogP contribution is 2.23. The van der Waals surface area contributed by atoms with E-state index in [0.29, 0.717) is 27.3 Å². The molecule has 0 N–H and O–H groups in total. The number of furan rings is 1. The van der Waals surface area contributed by atoms with Crippen molar-refractivity contribution in [3.8, 4) is 0 Å². The maximum absolute atomic E-state index is 13.4. The molecule has 4 aromatic rings. The van der Waals surface area contributed by atoms with Crippen molar-refractivity contribution in [3.05, 3.63) is 118 Å². The molecule has 0 unspecified atom stereocenters. The summed E-state index contributed by atoms with van der Waals surface area (Å²) in [4.78, 5) is 4.57. The topological polar surface area (TPSA) is 62.9 Å². The van der Waals surface area contributed by atoms with Crippen LogP contribution in [0.2, 0.25) is 10.0 Å². The summed E-state index contributed by atoms with van der Waals surface area (Å²) in [7, 11) is -3.77. The predicted octanol–water partition coefficient (Wildman–Crippen LogP) is 6.73. The molecule has 33 heavy (non-hydrogen) atoms. The molecule has 0 saturated heterocycles. The Morgan fingerprint density at radius 3 is 2.30 bits per heavy atom. The third-order valence-electron chi connectivity index (χ3n) is 4.82. The minimum atomic E-state index is -3.77. The summed E-state index contributed by atoms with van der Waals surface area (Å²) in [6.45, 7) is 0.228. The van der Waals surface area contributed by atoms with Crippen molar-refractivity contribution in [2.45, 2.75) is 18.0 Å². The summed E-state index contributed by atoms with van der Waals surface area (Å²) in [5.74, 6) is 1.00. The number of hydrogen-bond acceptors (Lipinski definition) is 4. The van der Waals surface area contributed by atoms with E-state index in [0.717, 1.165) is 5.56 Å². The van der Waals surface area contributed by atoms with Crippen LogP contribution in [-0.4, -0.2) is 18.9 Å². The fourth-order valence-corrected chi connectivity index (χ4v) is 4.90. The molecule has 0 aliphatic heterocycles. The van der Waals surface area contributed by atoms with Crippen LogP contribution in [0.4, 0.5) is 5.69 Å². The first-order valence-corrected chi connectivity index (χ1v) is 12.3. The molecular formula is C25H20Cl2N2O3S. The highest BCUT2D eigenvalue weighted by Gasteiger charge is 2.26. The normalized spacial score (nSPS) is 12.0. The molecule has 168 valence electrons. The van der Waals surface area contributed by atoms with Gasteiger partial charge in [0.15, 0.2) is 0 Å². The number of sulfonamides is 1. The first-order chi connectivity index (χ1) is 15.9. The van der Waals surface area contributed by atoms with Crippen LogP contribution >= 0.6 is 23.2 Å². The fraction of sp³-hybridized carbons (Fsp3) is 0.0800. The van der Waals surface area contributed by atoms with Crippen LogP contribution in [0.25, 0.3) is 0 Å². The van der Waals surface area contributed by atoms with E-state index < -0.39 is 10.0 Å². The molecule has 0 spiro atoms. The summed E-state index contributed by atoms with van der Waals surface area (Å²) < 4.78 is 34.0. The van der Waals surface area contributed by atoms with Gasteiger partial charge in [0.2, 0.25) is 10.0 Å². The van der Waals surface area contributed by atoms with E-state index in [1.807, 2.05) is 12.1 Å². The van der Waals surface area contributed by atoms with E-state index in [1.165, 1.54) is 4.31 Å². The van der Waals surface area contributed by atoms with Gasteiger partial charge < -0.3 is 4.42 Å². The average molecular weight is 499 g/mol. The lowest BCUT2D eigenvalue weighted by Crippen LogP contribution is -2.30. The minimum Gasteiger partial charge on any atom is -0.459 e. The molecule has 5 nitrogen and oxygen atoms in total. The van der Waals surface area contributed by atoms with Crippen LogP contribution in [0.15, 0.2) is 105 Å². The summed E-state index contributed by atoms with van der Waals surface area (Å²) in [6, 6.07) is 26.1. The molecule has 0 bridgehead atoms. The van der Waals surface area contributed by atoms with E-state index in [-0.39, 0.29) is 18.0 Å². The van der Waals surface area contributed by atoms with Crippen LogP contribution < -0.4 is 0 Å². The Bertz CT molecular complexity index is 1350. The van der Waals surface area contributed by atoms with Gasteiger partial charge in [-0.3, -0.25) is 4.99 Å². The average Bonchev–Trinajstić information content (AvgIpc) is 3.27. The maximum Gasteiger partial charge on any atom is 0.243 e. The van der Waals surface area contributed by atoms with Crippen LogP contribution in [0.1, 0.15) is 17.1 Å². The second kappa shape index (κ2) is 10.4. The zero-order valence-corrected chi connectivity index (χ0v) is 19.8. The zero-order chi connectivity index (χ0) is 23.3. The predicted molar refractivity (Wildman–Crippen MR) is 132 cm³/mol. The van der Waals surface area contributed by atoms with E-state index >= 15 is 0 Å². The van der Waals surface area contributed by atoms with Crippen molar-refractivity contribution in [3.63, 3.8) is 0 Å². The number of halogens is 2. The molecule has 0 saturated carbocycles. The minimum absolute atomic E-state index is 0.0604. The van der Waals surface area contributed by atoms with Crippen LogP contribution in [0.5, 0.6) is 0 Å². The molecule has 4 rings (SSSR count). The highest BCUT2D eigenvalue weighted by atomic mass is 35.5.